The lowest BCUT2D eigenvalue weighted by Crippen LogP contribution is -2.46. The molecule has 0 saturated heterocycles. The van der Waals surface area contributed by atoms with Crippen LogP contribution in [0.25, 0.3) is 6.08 Å². The molecule has 63 heavy (non-hydrogen) atoms. The number of benzene rings is 1. The molecule has 0 unspecified atom stereocenters. The zero-order valence-electron chi connectivity index (χ0n) is 40.8. The first-order valence-electron chi connectivity index (χ1n) is 22.0. The summed E-state index contributed by atoms with van der Waals surface area (Å²) in [5, 5.41) is 8.58. The molecular weight excluding hydrogens is 833 g/mol. The van der Waals surface area contributed by atoms with Gasteiger partial charge in [0.15, 0.2) is 16.6 Å². The van der Waals surface area contributed by atoms with E-state index in [-0.39, 0.29) is 40.7 Å². The number of carbonyl (C=O) groups is 4. The minimum Gasteiger partial charge on any atom is -0.444 e. The highest BCUT2D eigenvalue weighted by atomic mass is 28.4. The molecule has 1 aromatic heterocycles. The Balaban J connectivity index is 1.65. The number of alkyl carbamates (subject to hydrolysis) is 2. The molecule has 1 aliphatic heterocycles. The number of hydrogen-bond acceptors (Lipinski definition) is 10. The average Bonchev–Trinajstić information content (AvgIpc) is 3.95. The van der Waals surface area contributed by atoms with Crippen LogP contribution in [0, 0.1) is 0 Å². The van der Waals surface area contributed by atoms with Crippen molar-refractivity contribution in [3.8, 4) is 0 Å². The third kappa shape index (κ3) is 14.6. The fourth-order valence-electron chi connectivity index (χ4n) is 6.23. The molecule has 3 N–H and O–H groups in total. The second kappa shape index (κ2) is 19.4. The normalized spacial score (nSPS) is 15.5. The Morgan fingerprint density at radius 2 is 1.30 bits per heavy atom. The zero-order chi connectivity index (χ0) is 47.4. The van der Waals surface area contributed by atoms with Crippen molar-refractivity contribution in [3.05, 3.63) is 58.9 Å². The van der Waals surface area contributed by atoms with E-state index in [1.165, 1.54) is 0 Å². The summed E-state index contributed by atoms with van der Waals surface area (Å²) in [5.74, 6) is -0.168. The van der Waals surface area contributed by atoms with E-state index in [2.05, 4.69) is 88.7 Å². The van der Waals surface area contributed by atoms with E-state index in [0.29, 0.717) is 67.2 Å². The molecular formula is C47H74N6O8Si2. The Morgan fingerprint density at radius 3 is 1.83 bits per heavy atom. The van der Waals surface area contributed by atoms with E-state index in [1.807, 2.05) is 24.3 Å². The fraction of sp³-hybridized carbons (Fsp3) is 0.617. The molecule has 0 bridgehead atoms. The smallest absolute Gasteiger partial charge is 0.413 e. The largest absolute Gasteiger partial charge is 0.444 e. The number of amides is 4. The first-order chi connectivity index (χ1) is 28.8. The molecule has 16 heteroatoms. The molecule has 4 amide bonds. The molecule has 0 radical (unpaired) electrons. The van der Waals surface area contributed by atoms with Crippen LogP contribution < -0.4 is 16.0 Å². The Hall–Kier alpha value is -4.39. The van der Waals surface area contributed by atoms with Crippen molar-refractivity contribution in [1.82, 2.24) is 20.5 Å². The van der Waals surface area contributed by atoms with Gasteiger partial charge in [0.05, 0.1) is 36.2 Å². The van der Waals surface area contributed by atoms with Crippen LogP contribution in [0.15, 0.2) is 47.2 Å². The Bertz CT molecular complexity index is 2040. The number of amidine groups is 1. The van der Waals surface area contributed by atoms with Crippen molar-refractivity contribution in [2.75, 3.05) is 31.6 Å². The van der Waals surface area contributed by atoms with E-state index >= 15 is 0 Å². The Kier molecular flexibility index (Phi) is 15.8. The third-order valence-corrected chi connectivity index (χ3v) is 21.1. The Morgan fingerprint density at radius 1 is 0.746 bits per heavy atom. The number of nitrogens with zero attached hydrogens (tertiary/aromatic N) is 3. The summed E-state index contributed by atoms with van der Waals surface area (Å²) in [5.41, 5.74) is 1.32. The van der Waals surface area contributed by atoms with Crippen LogP contribution in [0.3, 0.4) is 0 Å². The van der Waals surface area contributed by atoms with Crippen LogP contribution in [0.2, 0.25) is 36.3 Å². The molecule has 1 aliphatic carbocycles. The molecule has 1 aromatic carbocycles. The maximum absolute atomic E-state index is 14.8. The van der Waals surface area contributed by atoms with Gasteiger partial charge in [-0.1, -0.05) is 53.7 Å². The van der Waals surface area contributed by atoms with Gasteiger partial charge in [0.2, 0.25) is 11.8 Å². The summed E-state index contributed by atoms with van der Waals surface area (Å²) < 4.78 is 24.1. The standard InChI is InChI=1S/C47H74N6O8Si2/c1-43(2,3)60-41(56)49-30-32-25-36(31-48-29-32)50-40(55)47(19-20-47)35-18-17-33-26-34(27-38(51-37(33)28-35)52-42(57)61-44(4,5)6)39(54)53(21-23-58-62(13,14)45(7,8)9)22-24-59-63(15,16)46(10,11)12/h17-18,25-26,28-29,31H,19-24,27,30H2,1-16H3,(H,49,56)(H,50,55)(H,51,52,57). The van der Waals surface area contributed by atoms with Gasteiger partial charge in [0, 0.05) is 43.4 Å². The van der Waals surface area contributed by atoms with Gasteiger partial charge in [-0.25, -0.2) is 14.6 Å². The van der Waals surface area contributed by atoms with Gasteiger partial charge < -0.3 is 33.9 Å². The van der Waals surface area contributed by atoms with Crippen molar-refractivity contribution < 1.29 is 37.5 Å². The minimum absolute atomic E-state index is 0.00252. The molecule has 0 atom stereocenters. The van der Waals surface area contributed by atoms with Crippen LogP contribution in [-0.2, 0) is 39.9 Å². The van der Waals surface area contributed by atoms with Crippen LogP contribution >= 0.6 is 0 Å². The first-order valence-corrected chi connectivity index (χ1v) is 27.8. The number of aromatic nitrogens is 1. The highest BCUT2D eigenvalue weighted by Crippen LogP contribution is 2.50. The summed E-state index contributed by atoms with van der Waals surface area (Å²) in [7, 11) is -4.21. The van der Waals surface area contributed by atoms with Crippen LogP contribution in [-0.4, -0.2) is 93.9 Å². The lowest BCUT2D eigenvalue weighted by molar-refractivity contribution is -0.128. The van der Waals surface area contributed by atoms with Crippen LogP contribution in [0.5, 0.6) is 0 Å². The number of nitrogens with one attached hydrogen (secondary N) is 3. The Labute approximate surface area is 378 Å². The molecule has 4 rings (SSSR count). The van der Waals surface area contributed by atoms with E-state index in [1.54, 1.807) is 64.9 Å². The van der Waals surface area contributed by atoms with Gasteiger partial charge in [-0.2, -0.15) is 0 Å². The second-order valence-electron chi connectivity index (χ2n) is 21.8. The molecule has 348 valence electrons. The van der Waals surface area contributed by atoms with Gasteiger partial charge in [0.1, 0.15) is 17.0 Å². The van der Waals surface area contributed by atoms with E-state index in [4.69, 9.17) is 23.3 Å². The quantitative estimate of drug-likeness (QED) is 0.156. The first kappa shape index (κ1) is 51.3. The average molecular weight is 907 g/mol. The predicted octanol–water partition coefficient (Wildman–Crippen LogP) is 9.99. The van der Waals surface area contributed by atoms with Crippen molar-refractivity contribution in [1.29, 1.82) is 0 Å². The molecule has 2 aliphatic rings. The number of hydrogen-bond donors (Lipinski definition) is 3. The van der Waals surface area contributed by atoms with Gasteiger partial charge in [0.25, 0.3) is 0 Å². The highest BCUT2D eigenvalue weighted by Gasteiger charge is 2.51. The number of fused-ring (bicyclic) bond motifs is 1. The zero-order valence-corrected chi connectivity index (χ0v) is 42.8. The van der Waals surface area contributed by atoms with E-state index in [0.717, 1.165) is 5.56 Å². The number of ether oxygens (including phenoxy) is 2. The number of aliphatic imine (C=N–C) groups is 1. The lowest BCUT2D eigenvalue weighted by atomic mass is 9.92. The number of rotatable bonds is 14. The highest BCUT2D eigenvalue weighted by molar-refractivity contribution is 6.74. The fourth-order valence-corrected chi connectivity index (χ4v) is 8.30. The topological polar surface area (TPSA) is 170 Å². The number of carbonyl (C=O) groups excluding carboxylic acids is 4. The van der Waals surface area contributed by atoms with Crippen molar-refractivity contribution in [3.63, 3.8) is 0 Å². The lowest BCUT2D eigenvalue weighted by Gasteiger charge is -2.38. The summed E-state index contributed by atoms with van der Waals surface area (Å²) >= 11 is 0. The third-order valence-electron chi connectivity index (χ3n) is 12.1. The van der Waals surface area contributed by atoms with Gasteiger partial charge in [-0.05, 0) is 120 Å². The summed E-state index contributed by atoms with van der Waals surface area (Å²) in [6, 6.07) is 7.41. The maximum atomic E-state index is 14.8. The summed E-state index contributed by atoms with van der Waals surface area (Å²) in [4.78, 5) is 65.2. The molecule has 2 aromatic rings. The molecule has 1 saturated carbocycles. The predicted molar refractivity (Wildman–Crippen MR) is 255 cm³/mol. The molecule has 0 spiro atoms. The van der Waals surface area contributed by atoms with Gasteiger partial charge in [-0.3, -0.25) is 19.9 Å². The monoisotopic (exact) mass is 907 g/mol. The van der Waals surface area contributed by atoms with E-state index < -0.39 is 45.4 Å². The van der Waals surface area contributed by atoms with Crippen molar-refractivity contribution >= 4 is 63.9 Å². The van der Waals surface area contributed by atoms with Gasteiger partial charge in [-0.15, -0.1) is 0 Å². The van der Waals surface area contributed by atoms with Crippen molar-refractivity contribution in [2.24, 2.45) is 4.99 Å². The summed E-state index contributed by atoms with van der Waals surface area (Å²) in [6.07, 6.45) is 5.02. The van der Waals surface area contributed by atoms with Gasteiger partial charge >= 0.3 is 12.2 Å². The number of pyridine rings is 1. The van der Waals surface area contributed by atoms with Crippen LogP contribution in [0.1, 0.15) is 119 Å². The number of anilines is 1. The van der Waals surface area contributed by atoms with E-state index in [9.17, 15) is 19.2 Å². The van der Waals surface area contributed by atoms with Crippen molar-refractivity contribution in [2.45, 2.75) is 162 Å². The molecule has 14 nitrogen and oxygen atoms in total. The van der Waals surface area contributed by atoms with Crippen LogP contribution in [0.4, 0.5) is 21.0 Å². The molecule has 1 fully saturated rings. The molecule has 2 heterocycles. The summed E-state index contributed by atoms with van der Waals surface area (Å²) in [6.45, 7) is 34.3. The second-order valence-corrected chi connectivity index (χ2v) is 31.4. The maximum Gasteiger partial charge on any atom is 0.413 e. The minimum atomic E-state index is -2.11. The SMILES string of the molecule is CC(C)(C)OC(=O)NCc1cncc(NC(=O)C2(c3ccc4c(c3)N=C(NC(=O)OC(C)(C)C)CC(C(=O)N(CCO[Si](C)(C)C(C)(C)C)CCO[Si](C)(C)C(C)(C)C)=C4)CC2)c1.